The molecule has 4 atom stereocenters. The van der Waals surface area contributed by atoms with Crippen molar-refractivity contribution < 1.29 is 0 Å². The molecule has 2 bridgehead atoms. The molecule has 2 aromatic heterocycles. The molecule has 4 unspecified atom stereocenters. The van der Waals surface area contributed by atoms with Crippen molar-refractivity contribution in [2.45, 2.75) is 59.0 Å². The molecule has 0 saturated heterocycles. The van der Waals surface area contributed by atoms with Gasteiger partial charge in [-0.1, -0.05) is 6.42 Å². The van der Waals surface area contributed by atoms with Crippen molar-refractivity contribution in [3.63, 3.8) is 0 Å². The monoisotopic (exact) mass is 303 g/mol. The van der Waals surface area contributed by atoms with E-state index < -0.39 is 0 Å². The van der Waals surface area contributed by atoms with Crippen LogP contribution >= 0.6 is 11.3 Å². The molecule has 2 aliphatic carbocycles. The fraction of sp³-hybridized carbons (Fsp3) is 0.706. The Morgan fingerprint density at radius 2 is 2.24 bits per heavy atom. The molecule has 2 aromatic rings. The average molecular weight is 303 g/mol. The van der Waals surface area contributed by atoms with Crippen LogP contribution in [0.1, 0.15) is 48.9 Å². The number of imidazole rings is 1. The first-order valence-electron chi connectivity index (χ1n) is 8.29. The van der Waals surface area contributed by atoms with Crippen molar-refractivity contribution in [1.29, 1.82) is 0 Å². The maximum absolute atomic E-state index is 4.69. The topological polar surface area (TPSA) is 29.3 Å². The van der Waals surface area contributed by atoms with Crippen LogP contribution in [0.15, 0.2) is 6.20 Å². The van der Waals surface area contributed by atoms with Crippen LogP contribution in [0.3, 0.4) is 0 Å². The smallest absolute Gasteiger partial charge is 0.194 e. The van der Waals surface area contributed by atoms with Gasteiger partial charge in [-0.15, -0.1) is 11.3 Å². The molecule has 1 N–H and O–H groups in total. The lowest BCUT2D eigenvalue weighted by molar-refractivity contribution is 0.259. The molecule has 0 aliphatic heterocycles. The third-order valence-electron chi connectivity index (χ3n) is 5.77. The molecule has 0 amide bonds. The molecule has 2 aliphatic rings. The highest BCUT2D eigenvalue weighted by Gasteiger charge is 2.41. The Hall–Kier alpha value is -0.870. The number of rotatable bonds is 4. The molecule has 114 valence electrons. The highest BCUT2D eigenvalue weighted by atomic mass is 32.1. The van der Waals surface area contributed by atoms with Gasteiger partial charge in [-0.25, -0.2) is 4.98 Å². The summed E-state index contributed by atoms with van der Waals surface area (Å²) in [4.78, 5) is 7.16. The highest BCUT2D eigenvalue weighted by molar-refractivity contribution is 7.17. The van der Waals surface area contributed by atoms with E-state index in [1.807, 2.05) is 0 Å². The summed E-state index contributed by atoms with van der Waals surface area (Å²) in [7, 11) is 0. The van der Waals surface area contributed by atoms with Crippen molar-refractivity contribution >= 4 is 16.3 Å². The van der Waals surface area contributed by atoms with Gasteiger partial charge in [0.25, 0.3) is 0 Å². The summed E-state index contributed by atoms with van der Waals surface area (Å²) in [6.45, 7) is 7.62. The predicted octanol–water partition coefficient (Wildman–Crippen LogP) is 3.93. The van der Waals surface area contributed by atoms with Crippen LogP contribution < -0.4 is 5.32 Å². The van der Waals surface area contributed by atoms with Crippen LogP contribution in [0.4, 0.5) is 0 Å². The number of nitrogens with one attached hydrogen (secondary N) is 1. The Balaban J connectivity index is 1.46. The van der Waals surface area contributed by atoms with Gasteiger partial charge in [0, 0.05) is 23.7 Å². The summed E-state index contributed by atoms with van der Waals surface area (Å²) < 4.78 is 2.27. The van der Waals surface area contributed by atoms with Gasteiger partial charge in [-0.3, -0.25) is 4.40 Å². The zero-order valence-corrected chi connectivity index (χ0v) is 14.0. The normalized spacial score (nSPS) is 29.6. The van der Waals surface area contributed by atoms with Crippen LogP contribution in [0.2, 0.25) is 0 Å². The van der Waals surface area contributed by atoms with E-state index in [9.17, 15) is 0 Å². The Morgan fingerprint density at radius 1 is 1.38 bits per heavy atom. The molecular formula is C17H25N3S. The van der Waals surface area contributed by atoms with Gasteiger partial charge in [0.1, 0.15) is 0 Å². The molecule has 0 radical (unpaired) electrons. The van der Waals surface area contributed by atoms with E-state index >= 15 is 0 Å². The van der Waals surface area contributed by atoms with Gasteiger partial charge in [-0.05, 0) is 57.8 Å². The molecule has 2 saturated carbocycles. The van der Waals surface area contributed by atoms with Crippen molar-refractivity contribution in [1.82, 2.24) is 14.7 Å². The highest BCUT2D eigenvalue weighted by Crippen LogP contribution is 2.49. The Morgan fingerprint density at radius 3 is 2.95 bits per heavy atom. The van der Waals surface area contributed by atoms with Crippen molar-refractivity contribution in [2.24, 2.45) is 17.8 Å². The van der Waals surface area contributed by atoms with Crippen molar-refractivity contribution in [3.8, 4) is 0 Å². The van der Waals surface area contributed by atoms with Gasteiger partial charge in [0.15, 0.2) is 4.96 Å². The molecule has 21 heavy (non-hydrogen) atoms. The minimum absolute atomic E-state index is 0.630. The number of thiazole rings is 1. The first kappa shape index (κ1) is 13.8. The molecule has 2 fully saturated rings. The number of aromatic nitrogens is 2. The first-order chi connectivity index (χ1) is 10.1. The minimum atomic E-state index is 0.630. The third-order valence-corrected chi connectivity index (χ3v) is 6.67. The minimum Gasteiger partial charge on any atom is -0.308 e. The van der Waals surface area contributed by atoms with Crippen molar-refractivity contribution in [3.05, 3.63) is 22.5 Å². The summed E-state index contributed by atoms with van der Waals surface area (Å²) in [5, 5.41) is 3.80. The second-order valence-electron chi connectivity index (χ2n) is 7.15. The lowest BCUT2D eigenvalue weighted by Gasteiger charge is -2.28. The maximum atomic E-state index is 4.69. The van der Waals surface area contributed by atoms with Gasteiger partial charge < -0.3 is 5.32 Å². The van der Waals surface area contributed by atoms with Gasteiger partial charge in [0.05, 0.1) is 11.4 Å². The number of hydrogen-bond donors (Lipinski definition) is 1. The lowest BCUT2D eigenvalue weighted by atomic mass is 9.84. The quantitative estimate of drug-likeness (QED) is 0.927. The van der Waals surface area contributed by atoms with E-state index in [1.165, 1.54) is 41.9 Å². The van der Waals surface area contributed by atoms with Gasteiger partial charge >= 0.3 is 0 Å². The second kappa shape index (κ2) is 5.10. The summed E-state index contributed by atoms with van der Waals surface area (Å²) in [6.07, 6.45) is 8.14. The average Bonchev–Trinajstić information content (AvgIpc) is 3.17. The molecule has 2 heterocycles. The van der Waals surface area contributed by atoms with E-state index in [0.29, 0.717) is 6.04 Å². The van der Waals surface area contributed by atoms with E-state index in [2.05, 4.69) is 41.7 Å². The van der Waals surface area contributed by atoms with E-state index in [1.54, 1.807) is 11.3 Å². The largest absolute Gasteiger partial charge is 0.308 e. The molecule has 4 heteroatoms. The van der Waals surface area contributed by atoms with Crippen LogP contribution in [-0.2, 0) is 6.54 Å². The standard InChI is InChI=1S/C17H25N3S/c1-10-9-20-16(12(3)19-17(20)21-10)8-18-11(2)15-7-13-4-5-14(15)6-13/h9,11,13-15,18H,4-8H2,1-3H3. The van der Waals surface area contributed by atoms with Crippen LogP contribution in [0.25, 0.3) is 4.96 Å². The molecule has 3 nitrogen and oxygen atoms in total. The summed E-state index contributed by atoms with van der Waals surface area (Å²) in [5.41, 5.74) is 2.51. The van der Waals surface area contributed by atoms with Crippen LogP contribution in [0.5, 0.6) is 0 Å². The molecule has 0 aromatic carbocycles. The molecule has 0 spiro atoms. The Labute approximate surface area is 130 Å². The zero-order valence-electron chi connectivity index (χ0n) is 13.2. The third kappa shape index (κ3) is 2.33. The second-order valence-corrected chi connectivity index (χ2v) is 8.36. The SMILES string of the molecule is Cc1cn2c(CNC(C)C3CC4CCC3C4)c(C)nc2s1. The zero-order chi connectivity index (χ0) is 14.6. The number of aryl methyl sites for hydroxylation is 2. The predicted molar refractivity (Wildman–Crippen MR) is 87.8 cm³/mol. The first-order valence-corrected chi connectivity index (χ1v) is 9.11. The van der Waals surface area contributed by atoms with E-state index in [0.717, 1.165) is 29.3 Å². The van der Waals surface area contributed by atoms with E-state index in [4.69, 9.17) is 0 Å². The summed E-state index contributed by atoms with van der Waals surface area (Å²) in [6, 6.07) is 0.630. The van der Waals surface area contributed by atoms with Crippen LogP contribution in [0, 0.1) is 31.6 Å². The summed E-state index contributed by atoms with van der Waals surface area (Å²) in [5.74, 6) is 2.93. The summed E-state index contributed by atoms with van der Waals surface area (Å²) >= 11 is 1.78. The molecular weight excluding hydrogens is 278 g/mol. The molecule has 4 rings (SSSR count). The van der Waals surface area contributed by atoms with Gasteiger partial charge in [-0.2, -0.15) is 0 Å². The van der Waals surface area contributed by atoms with Crippen molar-refractivity contribution in [2.75, 3.05) is 0 Å². The number of nitrogens with zero attached hydrogens (tertiary/aromatic N) is 2. The Bertz CT molecular complexity index is 656. The maximum Gasteiger partial charge on any atom is 0.194 e. The van der Waals surface area contributed by atoms with E-state index in [-0.39, 0.29) is 0 Å². The van der Waals surface area contributed by atoms with Crippen LogP contribution in [-0.4, -0.2) is 15.4 Å². The number of fused-ring (bicyclic) bond motifs is 3. The Kier molecular flexibility index (Phi) is 3.34. The fourth-order valence-electron chi connectivity index (χ4n) is 4.64. The lowest BCUT2D eigenvalue weighted by Crippen LogP contribution is -2.36. The fourth-order valence-corrected chi connectivity index (χ4v) is 5.53. The number of hydrogen-bond acceptors (Lipinski definition) is 3. The van der Waals surface area contributed by atoms with Gasteiger partial charge in [0.2, 0.25) is 0 Å².